The molecule has 0 aliphatic rings. The maximum Gasteiger partial charge on any atom is 0.223 e. The van der Waals surface area contributed by atoms with E-state index >= 15 is 0 Å². The molecule has 0 aliphatic heterocycles. The van der Waals surface area contributed by atoms with Crippen molar-refractivity contribution in [3.05, 3.63) is 23.8 Å². The van der Waals surface area contributed by atoms with Gasteiger partial charge in [-0.25, -0.2) is 0 Å². The van der Waals surface area contributed by atoms with Gasteiger partial charge in [0.05, 0.1) is 24.1 Å². The monoisotopic (exact) mass is 349 g/mol. The summed E-state index contributed by atoms with van der Waals surface area (Å²) in [5.74, 6) is 0.150. The minimum Gasteiger partial charge on any atom is -0.350 e. The lowest BCUT2D eigenvalue weighted by atomic mass is 9.76. The van der Waals surface area contributed by atoms with Crippen molar-refractivity contribution in [1.82, 2.24) is 15.3 Å². The molecule has 1 amide bonds. The molecule has 1 unspecified atom stereocenters. The van der Waals surface area contributed by atoms with Gasteiger partial charge >= 0.3 is 0 Å². The van der Waals surface area contributed by atoms with Gasteiger partial charge in [-0.3, -0.25) is 14.8 Å². The lowest BCUT2D eigenvalue weighted by Crippen LogP contribution is -2.37. The van der Waals surface area contributed by atoms with Gasteiger partial charge in [-0.2, -0.15) is 0 Å². The third kappa shape index (κ3) is 9.57. The highest BCUT2D eigenvalue weighted by Gasteiger charge is 2.30. The Hall–Kier alpha value is -1.45. The Morgan fingerprint density at radius 1 is 1.08 bits per heavy atom. The quantitative estimate of drug-likeness (QED) is 0.679. The summed E-state index contributed by atoms with van der Waals surface area (Å²) in [7, 11) is 0. The van der Waals surface area contributed by atoms with Crippen LogP contribution in [-0.2, 0) is 11.3 Å². The standard InChI is InChI=1S/C20H35N3O.CH4/c1-15-12-22-16(13-21-15)14-23-18(24)17(20(5,6)7)10-8-9-11-19(2,3)4;/h12-13,17H,8-11,14H2,1-7H3,(H,23,24);1H4. The van der Waals surface area contributed by atoms with Gasteiger partial charge in [-0.15, -0.1) is 0 Å². The first kappa shape index (κ1) is 23.5. The molecular formula is C21H39N3O. The molecule has 0 saturated carbocycles. The number of nitrogens with one attached hydrogen (secondary N) is 1. The van der Waals surface area contributed by atoms with Crippen molar-refractivity contribution in [2.75, 3.05) is 0 Å². The van der Waals surface area contributed by atoms with E-state index < -0.39 is 0 Å². The molecule has 144 valence electrons. The maximum atomic E-state index is 12.7. The number of aromatic nitrogens is 2. The summed E-state index contributed by atoms with van der Waals surface area (Å²) < 4.78 is 0. The molecule has 1 N–H and O–H groups in total. The summed E-state index contributed by atoms with van der Waals surface area (Å²) in [6, 6.07) is 0. The molecule has 1 aromatic rings. The third-order valence-electron chi connectivity index (χ3n) is 4.31. The van der Waals surface area contributed by atoms with Crippen LogP contribution >= 0.6 is 0 Å². The fraction of sp³-hybridized carbons (Fsp3) is 0.762. The molecule has 0 aliphatic carbocycles. The molecule has 4 nitrogen and oxygen atoms in total. The Morgan fingerprint density at radius 3 is 2.20 bits per heavy atom. The molecule has 1 rings (SSSR count). The first-order chi connectivity index (χ1) is 11.0. The van der Waals surface area contributed by atoms with Crippen LogP contribution < -0.4 is 5.32 Å². The van der Waals surface area contributed by atoms with E-state index in [0.717, 1.165) is 24.2 Å². The van der Waals surface area contributed by atoms with Crippen molar-refractivity contribution in [3.63, 3.8) is 0 Å². The van der Waals surface area contributed by atoms with Gasteiger partial charge < -0.3 is 5.32 Å². The molecule has 1 aromatic heterocycles. The second-order valence-corrected chi connectivity index (χ2v) is 9.09. The number of carbonyl (C=O) groups excluding carboxylic acids is 1. The van der Waals surface area contributed by atoms with Crippen LogP contribution in [0.15, 0.2) is 12.4 Å². The minimum absolute atomic E-state index is 0. The molecule has 0 spiro atoms. The van der Waals surface area contributed by atoms with Gasteiger partial charge in [0.2, 0.25) is 5.91 Å². The average molecular weight is 350 g/mol. The smallest absolute Gasteiger partial charge is 0.223 e. The lowest BCUT2D eigenvalue weighted by Gasteiger charge is -2.30. The molecule has 0 bridgehead atoms. The Labute approximate surface area is 155 Å². The van der Waals surface area contributed by atoms with Crippen LogP contribution in [0.25, 0.3) is 0 Å². The maximum absolute atomic E-state index is 12.7. The second kappa shape index (κ2) is 9.88. The molecule has 0 radical (unpaired) electrons. The molecular weight excluding hydrogens is 310 g/mol. The number of amides is 1. The van der Waals surface area contributed by atoms with Gasteiger partial charge in [0, 0.05) is 12.1 Å². The van der Waals surface area contributed by atoms with E-state index in [2.05, 4.69) is 56.8 Å². The topological polar surface area (TPSA) is 54.9 Å². The van der Waals surface area contributed by atoms with Crippen LogP contribution in [0.1, 0.15) is 86.0 Å². The van der Waals surface area contributed by atoms with Gasteiger partial charge in [0.25, 0.3) is 0 Å². The number of rotatable bonds is 7. The average Bonchev–Trinajstić information content (AvgIpc) is 2.43. The zero-order valence-corrected chi connectivity index (χ0v) is 16.6. The zero-order valence-electron chi connectivity index (χ0n) is 16.6. The van der Waals surface area contributed by atoms with Gasteiger partial charge in [-0.05, 0) is 30.6 Å². The minimum atomic E-state index is -0.0369. The molecule has 0 saturated heterocycles. The number of aryl methyl sites for hydroxylation is 1. The van der Waals surface area contributed by atoms with Crippen molar-refractivity contribution in [2.24, 2.45) is 16.7 Å². The lowest BCUT2D eigenvalue weighted by molar-refractivity contribution is -0.128. The number of hydrogen-bond donors (Lipinski definition) is 1. The second-order valence-electron chi connectivity index (χ2n) is 9.09. The molecule has 1 atom stereocenters. The van der Waals surface area contributed by atoms with Crippen LogP contribution in [0.4, 0.5) is 0 Å². The summed E-state index contributed by atoms with van der Waals surface area (Å²) in [6.07, 6.45) is 7.86. The van der Waals surface area contributed by atoms with Crippen molar-refractivity contribution in [2.45, 2.75) is 88.1 Å². The zero-order chi connectivity index (χ0) is 18.4. The Bertz CT molecular complexity index is 509. The summed E-state index contributed by atoms with van der Waals surface area (Å²) in [4.78, 5) is 21.2. The van der Waals surface area contributed by atoms with Gasteiger partial charge in [0.1, 0.15) is 0 Å². The molecule has 4 heteroatoms. The molecule has 25 heavy (non-hydrogen) atoms. The van der Waals surface area contributed by atoms with Gasteiger partial charge in [-0.1, -0.05) is 61.8 Å². The molecule has 0 fully saturated rings. The van der Waals surface area contributed by atoms with E-state index in [4.69, 9.17) is 0 Å². The summed E-state index contributed by atoms with van der Waals surface area (Å²) in [5.41, 5.74) is 2.01. The van der Waals surface area contributed by atoms with E-state index in [1.807, 2.05) is 6.92 Å². The third-order valence-corrected chi connectivity index (χ3v) is 4.31. The molecule has 0 aromatic carbocycles. The van der Waals surface area contributed by atoms with Crippen molar-refractivity contribution >= 4 is 5.91 Å². The fourth-order valence-electron chi connectivity index (χ4n) is 2.77. The van der Waals surface area contributed by atoms with Crippen LogP contribution in [0, 0.1) is 23.7 Å². The van der Waals surface area contributed by atoms with Crippen molar-refractivity contribution in [1.29, 1.82) is 0 Å². The highest BCUT2D eigenvalue weighted by atomic mass is 16.1. The largest absolute Gasteiger partial charge is 0.350 e. The van der Waals surface area contributed by atoms with Crippen molar-refractivity contribution < 1.29 is 4.79 Å². The van der Waals surface area contributed by atoms with Crippen LogP contribution in [0.2, 0.25) is 0 Å². The van der Waals surface area contributed by atoms with Crippen LogP contribution in [0.5, 0.6) is 0 Å². The number of nitrogens with zero attached hydrogens (tertiary/aromatic N) is 2. The molecule has 1 heterocycles. The van der Waals surface area contributed by atoms with Crippen LogP contribution in [0.3, 0.4) is 0 Å². The summed E-state index contributed by atoms with van der Waals surface area (Å²) >= 11 is 0. The summed E-state index contributed by atoms with van der Waals surface area (Å²) in [5, 5.41) is 3.04. The Morgan fingerprint density at radius 2 is 1.72 bits per heavy atom. The first-order valence-electron chi connectivity index (χ1n) is 9.04. The highest BCUT2D eigenvalue weighted by molar-refractivity contribution is 5.79. The fourth-order valence-corrected chi connectivity index (χ4v) is 2.77. The van der Waals surface area contributed by atoms with Crippen LogP contribution in [-0.4, -0.2) is 15.9 Å². The van der Waals surface area contributed by atoms with E-state index in [1.165, 1.54) is 12.8 Å². The highest BCUT2D eigenvalue weighted by Crippen LogP contribution is 2.32. The number of unbranched alkanes of at least 4 members (excludes halogenated alkanes) is 1. The summed E-state index contributed by atoms with van der Waals surface area (Å²) in [6.45, 7) is 15.6. The van der Waals surface area contributed by atoms with Gasteiger partial charge in [0.15, 0.2) is 0 Å². The SMILES string of the molecule is C.Cc1cnc(CNC(=O)C(CCCCC(C)(C)C)C(C)(C)C)cn1. The van der Waals surface area contributed by atoms with Crippen molar-refractivity contribution in [3.8, 4) is 0 Å². The predicted molar refractivity (Wildman–Crippen MR) is 106 cm³/mol. The number of hydrogen-bond acceptors (Lipinski definition) is 3. The van der Waals surface area contributed by atoms with E-state index in [1.54, 1.807) is 12.4 Å². The first-order valence-corrected chi connectivity index (χ1v) is 9.04. The predicted octanol–water partition coefficient (Wildman–Crippen LogP) is 5.31. The Kier molecular flexibility index (Phi) is 9.31. The Balaban J connectivity index is 0.00000576. The van der Waals surface area contributed by atoms with E-state index in [9.17, 15) is 4.79 Å². The van der Waals surface area contributed by atoms with E-state index in [-0.39, 0.29) is 24.7 Å². The number of carbonyl (C=O) groups is 1. The normalized spacial score (nSPS) is 13.1. The van der Waals surface area contributed by atoms with E-state index in [0.29, 0.717) is 12.0 Å².